The number of alkyl halides is 1. The van der Waals surface area contributed by atoms with Gasteiger partial charge in [-0.25, -0.2) is 0 Å². The van der Waals surface area contributed by atoms with Crippen molar-refractivity contribution < 1.29 is 19.4 Å². The standard InChI is InChI=1S/C44H49I2N3O4S/c1-30-29-33(50)19-24-40(30)49-41(32-17-22-35(53-3)23-18-32)47-48-43(49)54-28-10-4-9-26-44(38-13-7-5-11-36(38)37-12-6-8-14-39(37)44)42(51)46-45-27-25-31-15-20-34(52-2)21-16-31/h5-7,11-13,15-24,29-30,36,38,40,50H,4,8-10,14,25-28H2,1-3H3. The molecular weight excluding hydrogens is 920 g/mol. The maximum atomic E-state index is 14.8. The molecule has 4 aliphatic carbocycles. The number of hydrogen-bond acceptors (Lipinski definition) is 7. The first kappa shape index (κ1) is 39.1. The summed E-state index contributed by atoms with van der Waals surface area (Å²) in [5, 5.41) is 20.4. The van der Waals surface area contributed by atoms with Gasteiger partial charge < -0.3 is 14.6 Å². The topological polar surface area (TPSA) is 86.5 Å². The number of unbranched alkanes of at least 4 members (excludes halogenated alkanes) is 2. The molecule has 0 spiro atoms. The van der Waals surface area contributed by atoms with Gasteiger partial charge in [0.25, 0.3) is 0 Å². The van der Waals surface area contributed by atoms with Crippen molar-refractivity contribution in [1.82, 2.24) is 14.8 Å². The fourth-order valence-electron chi connectivity index (χ4n) is 8.34. The van der Waals surface area contributed by atoms with Crippen LogP contribution in [0.5, 0.6) is 11.5 Å². The smallest absolute Gasteiger partial charge is 0.202 e. The van der Waals surface area contributed by atoms with Crippen LogP contribution in [0.3, 0.4) is 0 Å². The molecule has 0 bridgehead atoms. The van der Waals surface area contributed by atoms with Gasteiger partial charge in [-0.15, -0.1) is 10.2 Å². The number of nitrogens with zero attached hydrogens (tertiary/aromatic N) is 3. The van der Waals surface area contributed by atoms with E-state index in [-0.39, 0.29) is 39.9 Å². The second-order valence-corrected chi connectivity index (χ2v) is 25.0. The molecule has 54 heavy (non-hydrogen) atoms. The third-order valence-electron chi connectivity index (χ3n) is 11.1. The molecule has 2 aromatic carbocycles. The van der Waals surface area contributed by atoms with Crippen molar-refractivity contribution in [3.05, 3.63) is 126 Å². The average molecular weight is 970 g/mol. The molecule has 10 heteroatoms. The summed E-state index contributed by atoms with van der Waals surface area (Å²) in [6, 6.07) is 16.3. The number of aliphatic hydroxyl groups excluding tert-OH is 1. The Morgan fingerprint density at radius 2 is 1.72 bits per heavy atom. The number of aliphatic hydroxyl groups is 1. The van der Waals surface area contributed by atoms with E-state index in [1.807, 2.05) is 48.6 Å². The normalized spacial score (nSPS) is 24.5. The van der Waals surface area contributed by atoms with Gasteiger partial charge in [-0.3, -0.25) is 9.36 Å². The number of carbonyl (C=O) groups is 1. The van der Waals surface area contributed by atoms with E-state index in [0.29, 0.717) is 15.5 Å². The minimum atomic E-state index is -0.498. The Morgan fingerprint density at radius 3 is 2.48 bits per heavy atom. The molecule has 5 atom stereocenters. The van der Waals surface area contributed by atoms with Crippen LogP contribution in [0, 0.1) is 23.2 Å². The molecule has 3 aromatic rings. The number of carbonyl (C=O) groups excluding carboxylic acids is 1. The van der Waals surface area contributed by atoms with Crippen LogP contribution in [0.15, 0.2) is 125 Å². The number of rotatable bonds is 16. The van der Waals surface area contributed by atoms with Crippen LogP contribution >= 0.6 is 44.9 Å². The summed E-state index contributed by atoms with van der Waals surface area (Å²) < 4.78 is 14.7. The third kappa shape index (κ3) is 8.35. The molecule has 4 aliphatic rings. The highest BCUT2D eigenvalue weighted by Crippen LogP contribution is 2.60. The molecule has 0 amide bonds. The first-order valence-electron chi connectivity index (χ1n) is 18.9. The van der Waals surface area contributed by atoms with Crippen molar-refractivity contribution >= 4 is 48.7 Å². The van der Waals surface area contributed by atoms with Crippen molar-refractivity contribution in [3.63, 3.8) is 0 Å². The van der Waals surface area contributed by atoms with E-state index in [4.69, 9.17) is 9.47 Å². The molecule has 1 heterocycles. The van der Waals surface area contributed by atoms with Crippen LogP contribution in [-0.4, -0.2) is 48.1 Å². The maximum absolute atomic E-state index is 14.8. The minimum Gasteiger partial charge on any atom is -0.508 e. The average Bonchev–Trinajstić information content (AvgIpc) is 3.75. The van der Waals surface area contributed by atoms with E-state index in [1.54, 1.807) is 32.1 Å². The number of benzene rings is 2. The second-order valence-electron chi connectivity index (χ2n) is 14.3. The highest BCUT2D eigenvalue weighted by atomic mass is 128. The number of ether oxygens (including phenoxy) is 2. The Balaban J connectivity index is 1.04. The van der Waals surface area contributed by atoms with Gasteiger partial charge in [0.1, 0.15) is 17.3 Å². The number of methoxy groups -OCH3 is 2. The van der Waals surface area contributed by atoms with Gasteiger partial charge in [0.2, 0.25) is 3.79 Å². The van der Waals surface area contributed by atoms with Crippen molar-refractivity contribution in [2.75, 3.05) is 24.4 Å². The molecule has 5 unspecified atom stereocenters. The molecular formula is C44H49I2N3O4S. The number of aryl methyl sites for hydroxylation is 1. The highest BCUT2D eigenvalue weighted by molar-refractivity contribution is 14.8. The monoisotopic (exact) mass is 969 g/mol. The van der Waals surface area contributed by atoms with E-state index in [1.165, 1.54) is 16.7 Å². The maximum Gasteiger partial charge on any atom is 0.202 e. The second kappa shape index (κ2) is 18.2. The molecule has 284 valence electrons. The molecule has 7 rings (SSSR count). The molecule has 0 radical (unpaired) electrons. The predicted octanol–water partition coefficient (Wildman–Crippen LogP) is 11.4. The summed E-state index contributed by atoms with van der Waals surface area (Å²) in [5.74, 6) is 4.36. The van der Waals surface area contributed by atoms with Crippen LogP contribution in [0.4, 0.5) is 0 Å². The van der Waals surface area contributed by atoms with Gasteiger partial charge in [-0.05, 0) is 108 Å². The number of fused-ring (bicyclic) bond motifs is 2. The predicted molar refractivity (Wildman–Crippen MR) is 237 cm³/mol. The largest absolute Gasteiger partial charge is 0.508 e. The minimum absolute atomic E-state index is 0.0105. The van der Waals surface area contributed by atoms with Crippen molar-refractivity contribution in [3.8, 4) is 22.9 Å². The molecule has 7 nitrogen and oxygen atoms in total. The quantitative estimate of drug-likeness (QED) is 0.0503. The van der Waals surface area contributed by atoms with Crippen molar-refractivity contribution in [1.29, 1.82) is 0 Å². The molecule has 0 saturated heterocycles. The van der Waals surface area contributed by atoms with E-state index in [2.05, 4.69) is 70.3 Å². The summed E-state index contributed by atoms with van der Waals surface area (Å²) in [6.45, 7) is 2.12. The number of hydrogen-bond donors (Lipinski definition) is 1. The zero-order valence-corrected chi connectivity index (χ0v) is 36.3. The van der Waals surface area contributed by atoms with E-state index in [9.17, 15) is 9.90 Å². The first-order valence-corrected chi connectivity index (χ1v) is 28.8. The zero-order valence-electron chi connectivity index (χ0n) is 31.2. The number of allylic oxidation sites excluding steroid dienone is 11. The number of aromatic nitrogens is 3. The lowest BCUT2D eigenvalue weighted by molar-refractivity contribution is -0.118. The van der Waals surface area contributed by atoms with E-state index in [0.717, 1.165) is 83.2 Å². The third-order valence-corrected chi connectivity index (χ3v) is 21.8. The van der Waals surface area contributed by atoms with Crippen LogP contribution in [0.1, 0.15) is 57.1 Å². The van der Waals surface area contributed by atoms with Gasteiger partial charge in [0.15, 0.2) is 11.0 Å². The van der Waals surface area contributed by atoms with Crippen molar-refractivity contribution in [2.45, 2.75) is 63.1 Å². The Morgan fingerprint density at radius 1 is 0.963 bits per heavy atom. The summed E-state index contributed by atoms with van der Waals surface area (Å²) in [4.78, 5) is 14.8. The van der Waals surface area contributed by atoms with Crippen LogP contribution < -0.4 is 9.47 Å². The molecule has 0 saturated carbocycles. The zero-order chi connectivity index (χ0) is 37.5. The summed E-state index contributed by atoms with van der Waals surface area (Å²) in [5.41, 5.74) is 4.85. The van der Waals surface area contributed by atoms with E-state index < -0.39 is 16.6 Å². The van der Waals surface area contributed by atoms with Gasteiger partial charge in [-0.2, -0.15) is 0 Å². The first-order chi connectivity index (χ1) is 26.4. The summed E-state index contributed by atoms with van der Waals surface area (Å²) in [6.07, 6.45) is 26.7. The molecule has 0 fully saturated rings. The SMILES string of the molecule is COc1ccc(CCI=IC(=O)C2(CCCCCSc3nnc(-c4ccc(OC)cc4)n3C3C=CC(O)=CC3C)C3=C(C=CCC3)C3C=CC=CC32)cc1. The summed E-state index contributed by atoms with van der Waals surface area (Å²) >= 11 is 1.11. The Hall–Kier alpha value is -3.10. The van der Waals surface area contributed by atoms with Gasteiger partial charge in [-0.1, -0.05) is 108 Å². The van der Waals surface area contributed by atoms with Gasteiger partial charge in [0.05, 0.1) is 25.7 Å². The van der Waals surface area contributed by atoms with E-state index >= 15 is 0 Å². The number of halogens is 2. The molecule has 0 aliphatic heterocycles. The lowest BCUT2D eigenvalue weighted by Gasteiger charge is -2.37. The summed E-state index contributed by atoms with van der Waals surface area (Å²) in [7, 11) is 3.37. The highest BCUT2D eigenvalue weighted by Gasteiger charge is 2.55. The fraction of sp³-hybridized carbons (Fsp3) is 0.386. The Kier molecular flexibility index (Phi) is 13.2. The number of thioether (sulfide) groups is 1. The lowest BCUT2D eigenvalue weighted by atomic mass is 9.67. The Labute approximate surface area is 339 Å². The van der Waals surface area contributed by atoms with Crippen LogP contribution in [0.2, 0.25) is 0 Å². The molecule has 1 N–H and O–H groups in total. The van der Waals surface area contributed by atoms with Crippen LogP contribution in [-0.2, 0) is 11.2 Å². The lowest BCUT2D eigenvalue weighted by Crippen LogP contribution is -2.36. The molecule has 1 aromatic heterocycles. The van der Waals surface area contributed by atoms with Gasteiger partial charge in [0, 0.05) is 33.5 Å². The van der Waals surface area contributed by atoms with Crippen LogP contribution in [0.25, 0.3) is 11.4 Å². The Bertz CT molecular complexity index is 2030. The van der Waals surface area contributed by atoms with Gasteiger partial charge >= 0.3 is 0 Å². The fourth-order valence-corrected chi connectivity index (χ4v) is 18.9. The van der Waals surface area contributed by atoms with Crippen molar-refractivity contribution in [2.24, 2.45) is 23.2 Å².